The van der Waals surface area contributed by atoms with Gasteiger partial charge in [0.1, 0.15) is 0 Å². The highest BCUT2D eigenvalue weighted by Gasteiger charge is 2.45. The van der Waals surface area contributed by atoms with E-state index in [4.69, 9.17) is 0 Å². The van der Waals surface area contributed by atoms with Gasteiger partial charge in [-0.3, -0.25) is 0 Å². The molecule has 1 rings (SSSR count). The fraction of sp³-hybridized carbons (Fsp3) is 0.833. The molecule has 0 saturated carbocycles. The molecule has 1 saturated heterocycles. The van der Waals surface area contributed by atoms with Crippen LogP contribution in [0, 0.1) is 17.3 Å². The Morgan fingerprint density at radius 1 is 1.31 bits per heavy atom. The first kappa shape index (κ1) is 10.6. The zero-order chi connectivity index (χ0) is 10.2. The van der Waals surface area contributed by atoms with E-state index in [9.17, 15) is 0 Å². The van der Waals surface area contributed by atoms with Gasteiger partial charge in [0, 0.05) is 17.2 Å². The van der Waals surface area contributed by atoms with E-state index in [1.807, 2.05) is 0 Å². The van der Waals surface area contributed by atoms with Gasteiger partial charge in [-0.25, -0.2) is 0 Å². The predicted octanol–water partition coefficient (Wildman–Crippen LogP) is 3.18. The first-order valence-corrected chi connectivity index (χ1v) is 5.34. The van der Waals surface area contributed by atoms with Gasteiger partial charge in [-0.05, 0) is 18.8 Å². The van der Waals surface area contributed by atoms with Crippen molar-refractivity contribution in [1.29, 1.82) is 0 Å². The molecule has 76 valence electrons. The minimum Gasteiger partial charge on any atom is -0.384 e. The molecule has 0 aliphatic carbocycles. The molecule has 1 heteroatoms. The van der Waals surface area contributed by atoms with Gasteiger partial charge in [-0.2, -0.15) is 0 Å². The normalized spacial score (nSPS) is 31.3. The van der Waals surface area contributed by atoms with Crippen molar-refractivity contribution in [2.24, 2.45) is 17.3 Å². The molecule has 1 heterocycles. The van der Waals surface area contributed by atoms with Gasteiger partial charge < -0.3 is 5.32 Å². The highest BCUT2D eigenvalue weighted by atomic mass is 15.1. The smallest absolute Gasteiger partial charge is 0.0391 e. The molecule has 13 heavy (non-hydrogen) atoms. The average molecular weight is 181 g/mol. The van der Waals surface area contributed by atoms with E-state index < -0.39 is 0 Å². The minimum atomic E-state index is 0.360. The second-order valence-electron chi connectivity index (χ2n) is 5.15. The molecule has 0 radical (unpaired) electrons. The fourth-order valence-corrected chi connectivity index (χ4v) is 2.25. The number of allylic oxidation sites excluding steroid dienone is 1. The molecule has 0 spiro atoms. The lowest BCUT2D eigenvalue weighted by Crippen LogP contribution is -2.60. The summed E-state index contributed by atoms with van der Waals surface area (Å²) in [6.45, 7) is 13.7. The largest absolute Gasteiger partial charge is 0.384 e. The van der Waals surface area contributed by atoms with Gasteiger partial charge >= 0.3 is 0 Å². The maximum Gasteiger partial charge on any atom is 0.0391 e. The second-order valence-corrected chi connectivity index (χ2v) is 5.15. The van der Waals surface area contributed by atoms with Crippen molar-refractivity contribution in [3.8, 4) is 0 Å². The molecule has 1 unspecified atom stereocenters. The summed E-state index contributed by atoms with van der Waals surface area (Å²) in [6, 6.07) is 0.652. The Labute approximate surface area is 82.6 Å². The van der Waals surface area contributed by atoms with Crippen LogP contribution >= 0.6 is 0 Å². The summed E-state index contributed by atoms with van der Waals surface area (Å²) in [7, 11) is 0. The minimum absolute atomic E-state index is 0.360. The van der Waals surface area contributed by atoms with E-state index in [0.717, 1.165) is 11.8 Å². The van der Waals surface area contributed by atoms with Crippen molar-refractivity contribution in [2.75, 3.05) is 0 Å². The molecule has 1 nitrogen and oxygen atoms in total. The third-order valence-electron chi connectivity index (χ3n) is 3.65. The van der Waals surface area contributed by atoms with Gasteiger partial charge in [-0.15, -0.1) is 0 Å². The molecule has 0 aromatic rings. The van der Waals surface area contributed by atoms with Crippen LogP contribution in [-0.4, -0.2) is 6.04 Å². The van der Waals surface area contributed by atoms with Crippen LogP contribution in [0.15, 0.2) is 11.8 Å². The summed E-state index contributed by atoms with van der Waals surface area (Å²) in [5.41, 5.74) is 1.77. The van der Waals surface area contributed by atoms with E-state index in [2.05, 4.69) is 52.9 Å². The highest BCUT2D eigenvalue weighted by molar-refractivity contribution is 5.24. The van der Waals surface area contributed by atoms with E-state index in [1.54, 1.807) is 0 Å². The Bertz CT molecular complexity index is 213. The van der Waals surface area contributed by atoms with Crippen molar-refractivity contribution < 1.29 is 0 Å². The average Bonchev–Trinajstić information content (AvgIpc) is 2.03. The van der Waals surface area contributed by atoms with Crippen molar-refractivity contribution in [2.45, 2.75) is 47.6 Å². The predicted molar refractivity (Wildman–Crippen MR) is 58.5 cm³/mol. The maximum absolute atomic E-state index is 3.56. The van der Waals surface area contributed by atoms with Crippen LogP contribution in [0.1, 0.15) is 41.5 Å². The summed E-state index contributed by atoms with van der Waals surface area (Å²) in [5.74, 6) is 1.51. The Morgan fingerprint density at radius 2 is 1.85 bits per heavy atom. The van der Waals surface area contributed by atoms with Crippen molar-refractivity contribution in [1.82, 2.24) is 5.32 Å². The maximum atomic E-state index is 3.56. The second kappa shape index (κ2) is 3.36. The molecule has 0 bridgehead atoms. The molecule has 0 amide bonds. The van der Waals surface area contributed by atoms with Crippen LogP contribution in [0.3, 0.4) is 0 Å². The lowest BCUT2D eigenvalue weighted by atomic mass is 9.66. The van der Waals surface area contributed by atoms with Gasteiger partial charge in [0.15, 0.2) is 0 Å². The molecule has 0 aromatic heterocycles. The molecule has 1 fully saturated rings. The van der Waals surface area contributed by atoms with Gasteiger partial charge in [0.05, 0.1) is 0 Å². The summed E-state index contributed by atoms with van der Waals surface area (Å²) < 4.78 is 0. The van der Waals surface area contributed by atoms with E-state index >= 15 is 0 Å². The lowest BCUT2D eigenvalue weighted by Gasteiger charge is -2.53. The molecule has 2 atom stereocenters. The van der Waals surface area contributed by atoms with Crippen LogP contribution in [0.25, 0.3) is 0 Å². The number of hydrogen-bond donors (Lipinski definition) is 1. The zero-order valence-electron chi connectivity index (χ0n) is 9.81. The van der Waals surface area contributed by atoms with Crippen LogP contribution in [0.2, 0.25) is 0 Å². The van der Waals surface area contributed by atoms with Crippen LogP contribution < -0.4 is 5.32 Å². The van der Waals surface area contributed by atoms with Crippen molar-refractivity contribution in [3.63, 3.8) is 0 Å². The summed E-state index contributed by atoms with van der Waals surface area (Å²) in [6.07, 6.45) is 2.20. The van der Waals surface area contributed by atoms with Gasteiger partial charge in [0.2, 0.25) is 0 Å². The van der Waals surface area contributed by atoms with Crippen LogP contribution in [-0.2, 0) is 0 Å². The van der Waals surface area contributed by atoms with E-state index in [0.29, 0.717) is 11.5 Å². The number of rotatable bonds is 2. The van der Waals surface area contributed by atoms with Crippen molar-refractivity contribution in [3.05, 3.63) is 11.8 Å². The van der Waals surface area contributed by atoms with Crippen LogP contribution in [0.5, 0.6) is 0 Å². The summed E-state index contributed by atoms with van der Waals surface area (Å²) in [4.78, 5) is 0. The Morgan fingerprint density at radius 3 is 2.15 bits per heavy atom. The molecule has 1 aliphatic heterocycles. The standard InChI is InChI=1S/C12H23N/c1-7-10-12(5,6)11(13-10)9(4)8(2)3/h7-9,11,13H,1-6H3/b10-7-/t9-,11?/m0/s1. The molecule has 1 N–H and O–H groups in total. The molecule has 0 aromatic carbocycles. The highest BCUT2D eigenvalue weighted by Crippen LogP contribution is 2.43. The fourth-order valence-electron chi connectivity index (χ4n) is 2.25. The summed E-state index contributed by atoms with van der Waals surface area (Å²) in [5, 5.41) is 3.56. The first-order chi connectivity index (χ1) is 5.91. The van der Waals surface area contributed by atoms with E-state index in [1.165, 1.54) is 5.70 Å². The zero-order valence-corrected chi connectivity index (χ0v) is 9.81. The Balaban J connectivity index is 2.68. The Hall–Kier alpha value is -0.460. The van der Waals surface area contributed by atoms with Gasteiger partial charge in [-0.1, -0.05) is 40.7 Å². The summed E-state index contributed by atoms with van der Waals surface area (Å²) >= 11 is 0. The monoisotopic (exact) mass is 181 g/mol. The topological polar surface area (TPSA) is 12.0 Å². The third-order valence-corrected chi connectivity index (χ3v) is 3.65. The van der Waals surface area contributed by atoms with Gasteiger partial charge in [0.25, 0.3) is 0 Å². The molecular formula is C12H23N. The number of hydrogen-bond acceptors (Lipinski definition) is 1. The quantitative estimate of drug-likeness (QED) is 0.690. The number of nitrogens with one attached hydrogen (secondary N) is 1. The third kappa shape index (κ3) is 1.61. The van der Waals surface area contributed by atoms with Crippen LogP contribution in [0.4, 0.5) is 0 Å². The van der Waals surface area contributed by atoms with E-state index in [-0.39, 0.29) is 0 Å². The van der Waals surface area contributed by atoms with Crippen molar-refractivity contribution >= 4 is 0 Å². The lowest BCUT2D eigenvalue weighted by molar-refractivity contribution is 0.113. The molecular weight excluding hydrogens is 158 g/mol. The Kier molecular flexibility index (Phi) is 2.74. The SMILES string of the molecule is C/C=C1\NC([C@@H](C)C(C)C)C1(C)C. The first-order valence-electron chi connectivity index (χ1n) is 5.34. The molecule has 1 aliphatic rings.